The lowest BCUT2D eigenvalue weighted by Gasteiger charge is -2.39. The van der Waals surface area contributed by atoms with Crippen LogP contribution in [0.3, 0.4) is 0 Å². The maximum Gasteiger partial charge on any atom is 0.257 e. The van der Waals surface area contributed by atoms with Crippen molar-refractivity contribution in [1.82, 2.24) is 24.7 Å². The minimum atomic E-state index is -0.595. The van der Waals surface area contributed by atoms with E-state index in [-0.39, 0.29) is 23.9 Å². The van der Waals surface area contributed by atoms with Crippen LogP contribution in [0.15, 0.2) is 18.7 Å². The first-order valence-electron chi connectivity index (χ1n) is 8.69. The number of aliphatic hydroxyl groups is 1. The van der Waals surface area contributed by atoms with Gasteiger partial charge in [0.05, 0.1) is 17.7 Å². The fourth-order valence-electron chi connectivity index (χ4n) is 3.89. The number of carbonyl (C=O) groups excluding carboxylic acids is 2. The summed E-state index contributed by atoms with van der Waals surface area (Å²) in [6.07, 6.45) is 5.38. The van der Waals surface area contributed by atoms with Crippen LogP contribution in [0.25, 0.3) is 0 Å². The molecule has 0 spiro atoms. The van der Waals surface area contributed by atoms with E-state index in [1.54, 1.807) is 18.9 Å². The lowest BCUT2D eigenvalue weighted by atomic mass is 10.1. The first-order valence-corrected chi connectivity index (χ1v) is 8.69. The molecular formula is C17H25N5O3. The maximum absolute atomic E-state index is 12.6. The summed E-state index contributed by atoms with van der Waals surface area (Å²) in [6.45, 7) is 4.50. The van der Waals surface area contributed by atoms with Crippen LogP contribution in [-0.4, -0.2) is 93.0 Å². The second kappa shape index (κ2) is 7.45. The topological polar surface area (TPSA) is 89.9 Å². The van der Waals surface area contributed by atoms with Gasteiger partial charge in [0.1, 0.15) is 6.33 Å². The zero-order valence-corrected chi connectivity index (χ0v) is 14.7. The van der Waals surface area contributed by atoms with E-state index in [0.29, 0.717) is 18.7 Å². The molecule has 2 heterocycles. The molecule has 25 heavy (non-hydrogen) atoms. The Balaban J connectivity index is 1.61. The number of carbonyl (C=O) groups is 2. The highest BCUT2D eigenvalue weighted by Gasteiger charge is 2.42. The van der Waals surface area contributed by atoms with Crippen LogP contribution in [0.2, 0.25) is 0 Å². The number of rotatable bonds is 3. The van der Waals surface area contributed by atoms with Gasteiger partial charge < -0.3 is 14.9 Å². The van der Waals surface area contributed by atoms with Crippen molar-refractivity contribution in [2.45, 2.75) is 38.0 Å². The van der Waals surface area contributed by atoms with Gasteiger partial charge in [-0.2, -0.15) is 0 Å². The van der Waals surface area contributed by atoms with E-state index in [0.717, 1.165) is 25.9 Å². The van der Waals surface area contributed by atoms with Crippen LogP contribution < -0.4 is 0 Å². The molecule has 8 heteroatoms. The molecule has 0 aromatic carbocycles. The number of nitrogens with zero attached hydrogens (tertiary/aromatic N) is 5. The van der Waals surface area contributed by atoms with E-state index in [9.17, 15) is 14.7 Å². The standard InChI is InChI=1S/C17H25N5O3/c1-12(23)21-5-7-22(8-6-21)15-4-3-14(16(15)24)20(2)17(25)13-9-18-11-19-10-13/h9-11,14-16,24H,3-8H2,1-2H3/t14-,15-,16-/m1/s1. The van der Waals surface area contributed by atoms with Gasteiger partial charge in [-0.1, -0.05) is 0 Å². The average molecular weight is 347 g/mol. The van der Waals surface area contributed by atoms with Crippen LogP contribution in [0.5, 0.6) is 0 Å². The molecule has 2 amide bonds. The van der Waals surface area contributed by atoms with Gasteiger partial charge in [0.15, 0.2) is 0 Å². The van der Waals surface area contributed by atoms with Crippen molar-refractivity contribution in [3.05, 3.63) is 24.3 Å². The highest BCUT2D eigenvalue weighted by Crippen LogP contribution is 2.29. The van der Waals surface area contributed by atoms with Gasteiger partial charge in [-0.15, -0.1) is 0 Å². The van der Waals surface area contributed by atoms with Gasteiger partial charge in [0.2, 0.25) is 5.91 Å². The second-order valence-corrected chi connectivity index (χ2v) is 6.79. The normalized spacial score (nSPS) is 27.3. The van der Waals surface area contributed by atoms with Gasteiger partial charge in [-0.05, 0) is 12.8 Å². The molecule has 1 aliphatic carbocycles. The summed E-state index contributed by atoms with van der Waals surface area (Å²) in [5.41, 5.74) is 0.427. The first-order chi connectivity index (χ1) is 12.0. The van der Waals surface area contributed by atoms with E-state index < -0.39 is 6.10 Å². The van der Waals surface area contributed by atoms with E-state index in [1.165, 1.54) is 18.7 Å². The number of aromatic nitrogens is 2. The Morgan fingerprint density at radius 3 is 2.40 bits per heavy atom. The molecule has 1 saturated carbocycles. The molecular weight excluding hydrogens is 322 g/mol. The molecule has 3 rings (SSSR count). The van der Waals surface area contributed by atoms with E-state index in [4.69, 9.17) is 0 Å². The van der Waals surface area contributed by atoms with E-state index in [1.807, 2.05) is 4.90 Å². The Kier molecular flexibility index (Phi) is 5.29. The number of hydrogen-bond donors (Lipinski definition) is 1. The Morgan fingerprint density at radius 2 is 1.80 bits per heavy atom. The molecule has 0 bridgehead atoms. The molecule has 1 saturated heterocycles. The fourth-order valence-corrected chi connectivity index (χ4v) is 3.89. The van der Waals surface area contributed by atoms with Gasteiger partial charge in [-0.25, -0.2) is 9.97 Å². The van der Waals surface area contributed by atoms with Crippen LogP contribution in [0, 0.1) is 0 Å². The van der Waals surface area contributed by atoms with Crippen LogP contribution >= 0.6 is 0 Å². The average Bonchev–Trinajstić information content (AvgIpc) is 3.02. The SMILES string of the molecule is CC(=O)N1CCN([C@@H]2CC[C@@H](N(C)C(=O)c3cncnc3)[C@H]2O)CC1. The molecule has 1 aromatic rings. The summed E-state index contributed by atoms with van der Waals surface area (Å²) in [5, 5.41) is 10.8. The smallest absolute Gasteiger partial charge is 0.257 e. The second-order valence-electron chi connectivity index (χ2n) is 6.79. The third-order valence-corrected chi connectivity index (χ3v) is 5.40. The fraction of sp³-hybridized carbons (Fsp3) is 0.647. The van der Waals surface area contributed by atoms with Crippen molar-refractivity contribution < 1.29 is 14.7 Å². The van der Waals surface area contributed by atoms with Crippen LogP contribution in [0.1, 0.15) is 30.1 Å². The zero-order valence-electron chi connectivity index (χ0n) is 14.7. The third-order valence-electron chi connectivity index (χ3n) is 5.40. The van der Waals surface area contributed by atoms with Gasteiger partial charge in [0.25, 0.3) is 5.91 Å². The highest BCUT2D eigenvalue weighted by atomic mass is 16.3. The molecule has 1 N–H and O–H groups in total. The third kappa shape index (κ3) is 3.64. The zero-order chi connectivity index (χ0) is 18.0. The van der Waals surface area contributed by atoms with Crippen molar-refractivity contribution in [2.75, 3.05) is 33.2 Å². The summed E-state index contributed by atoms with van der Waals surface area (Å²) in [4.78, 5) is 37.4. The molecule has 136 valence electrons. The van der Waals surface area contributed by atoms with Gasteiger partial charge in [0, 0.05) is 58.6 Å². The van der Waals surface area contributed by atoms with Crippen molar-refractivity contribution >= 4 is 11.8 Å². The van der Waals surface area contributed by atoms with Crippen LogP contribution in [-0.2, 0) is 4.79 Å². The molecule has 8 nitrogen and oxygen atoms in total. The van der Waals surface area contributed by atoms with Gasteiger partial charge in [-0.3, -0.25) is 14.5 Å². The van der Waals surface area contributed by atoms with E-state index >= 15 is 0 Å². The number of amides is 2. The predicted molar refractivity (Wildman–Crippen MR) is 90.8 cm³/mol. The largest absolute Gasteiger partial charge is 0.389 e. The molecule has 1 aromatic heterocycles. The predicted octanol–water partition coefficient (Wildman–Crippen LogP) is -0.395. The van der Waals surface area contributed by atoms with Crippen LogP contribution in [0.4, 0.5) is 0 Å². The quantitative estimate of drug-likeness (QED) is 0.801. The number of piperazine rings is 1. The summed E-state index contributed by atoms with van der Waals surface area (Å²) < 4.78 is 0. The Bertz CT molecular complexity index is 618. The molecule has 1 aliphatic heterocycles. The molecule has 2 fully saturated rings. The molecule has 0 unspecified atom stereocenters. The monoisotopic (exact) mass is 347 g/mol. The summed E-state index contributed by atoms with van der Waals surface area (Å²) in [5.74, 6) is -0.0772. The molecule has 0 radical (unpaired) electrons. The maximum atomic E-state index is 12.6. The Morgan fingerprint density at radius 1 is 1.16 bits per heavy atom. The highest BCUT2D eigenvalue weighted by molar-refractivity contribution is 5.93. The lowest BCUT2D eigenvalue weighted by Crippen LogP contribution is -2.55. The number of likely N-dealkylation sites (N-methyl/N-ethyl adjacent to an activating group) is 1. The van der Waals surface area contributed by atoms with Gasteiger partial charge >= 0.3 is 0 Å². The molecule has 3 atom stereocenters. The Hall–Kier alpha value is -2.06. The summed E-state index contributed by atoms with van der Waals surface area (Å²) in [7, 11) is 1.72. The van der Waals surface area contributed by atoms with Crippen molar-refractivity contribution in [3.8, 4) is 0 Å². The minimum absolute atomic E-state index is 0.0291. The Labute approximate surface area is 147 Å². The summed E-state index contributed by atoms with van der Waals surface area (Å²) in [6, 6.07) is -0.190. The number of hydrogen-bond acceptors (Lipinski definition) is 6. The molecule has 2 aliphatic rings. The lowest BCUT2D eigenvalue weighted by molar-refractivity contribution is -0.131. The van der Waals surface area contributed by atoms with Crippen molar-refractivity contribution in [1.29, 1.82) is 0 Å². The van der Waals surface area contributed by atoms with E-state index in [2.05, 4.69) is 14.9 Å². The first kappa shape index (κ1) is 17.8. The van der Waals surface area contributed by atoms with Crippen molar-refractivity contribution in [3.63, 3.8) is 0 Å². The summed E-state index contributed by atoms with van der Waals surface area (Å²) >= 11 is 0. The van der Waals surface area contributed by atoms with Crippen molar-refractivity contribution in [2.24, 2.45) is 0 Å². The number of aliphatic hydroxyl groups excluding tert-OH is 1. The minimum Gasteiger partial charge on any atom is -0.389 e.